The van der Waals surface area contributed by atoms with Gasteiger partial charge < -0.3 is 9.31 Å². The maximum atomic E-state index is 12.8. The second-order valence-electron chi connectivity index (χ2n) is 5.20. The molecular formula is C9H15BF2O2. The van der Waals surface area contributed by atoms with E-state index in [-0.39, 0.29) is 6.42 Å². The summed E-state index contributed by atoms with van der Waals surface area (Å²) in [7, 11) is -0.741. The van der Waals surface area contributed by atoms with Crippen molar-refractivity contribution in [3.8, 4) is 0 Å². The van der Waals surface area contributed by atoms with Crippen molar-refractivity contribution in [3.63, 3.8) is 0 Å². The maximum Gasteiger partial charge on any atom is 0.467 e. The Bertz CT molecular complexity index is 250. The van der Waals surface area contributed by atoms with Crippen LogP contribution in [0.5, 0.6) is 0 Å². The normalized spacial score (nSPS) is 37.3. The summed E-state index contributed by atoms with van der Waals surface area (Å²) in [6, 6.07) is 0. The van der Waals surface area contributed by atoms with Gasteiger partial charge in [-0.15, -0.1) is 0 Å². The quantitative estimate of drug-likeness (QED) is 0.611. The zero-order valence-electron chi connectivity index (χ0n) is 8.93. The number of hydrogen-bond donors (Lipinski definition) is 0. The highest BCUT2D eigenvalue weighted by Gasteiger charge is 2.69. The van der Waals surface area contributed by atoms with Crippen LogP contribution in [0.3, 0.4) is 0 Å². The SMILES string of the molecule is CC1(C)OB(C2CC2(F)F)OC1(C)C. The van der Waals surface area contributed by atoms with Gasteiger partial charge in [0.2, 0.25) is 5.92 Å². The van der Waals surface area contributed by atoms with Crippen molar-refractivity contribution in [1.29, 1.82) is 0 Å². The Labute approximate surface area is 83.1 Å². The van der Waals surface area contributed by atoms with Crippen LogP contribution in [0.1, 0.15) is 34.1 Å². The molecule has 0 aromatic heterocycles. The average Bonchev–Trinajstić information content (AvgIpc) is 2.49. The van der Waals surface area contributed by atoms with E-state index in [4.69, 9.17) is 9.31 Å². The van der Waals surface area contributed by atoms with Crippen LogP contribution < -0.4 is 0 Å². The van der Waals surface area contributed by atoms with E-state index in [0.29, 0.717) is 0 Å². The van der Waals surface area contributed by atoms with Gasteiger partial charge in [-0.3, -0.25) is 0 Å². The molecule has 0 amide bonds. The highest BCUT2D eigenvalue weighted by Crippen LogP contribution is 2.59. The van der Waals surface area contributed by atoms with E-state index < -0.39 is 30.1 Å². The van der Waals surface area contributed by atoms with Gasteiger partial charge in [0.15, 0.2) is 0 Å². The van der Waals surface area contributed by atoms with Crippen LogP contribution >= 0.6 is 0 Å². The first-order chi connectivity index (χ1) is 6.16. The van der Waals surface area contributed by atoms with E-state index in [1.165, 1.54) is 0 Å². The lowest BCUT2D eigenvalue weighted by atomic mass is 9.82. The summed E-state index contributed by atoms with van der Waals surface area (Å²) in [6.45, 7) is 7.47. The lowest BCUT2D eigenvalue weighted by Crippen LogP contribution is -2.41. The molecule has 14 heavy (non-hydrogen) atoms. The van der Waals surface area contributed by atoms with Gasteiger partial charge >= 0.3 is 7.12 Å². The molecule has 1 heterocycles. The minimum absolute atomic E-state index is 0.107. The summed E-state index contributed by atoms with van der Waals surface area (Å²) in [5, 5.41) is 0. The fourth-order valence-corrected chi connectivity index (χ4v) is 1.58. The van der Waals surface area contributed by atoms with Gasteiger partial charge in [0.05, 0.1) is 17.0 Å². The van der Waals surface area contributed by atoms with Crippen LogP contribution in [0.2, 0.25) is 5.82 Å². The highest BCUT2D eigenvalue weighted by atomic mass is 19.3. The molecule has 0 bridgehead atoms. The second kappa shape index (κ2) is 2.50. The summed E-state index contributed by atoms with van der Waals surface area (Å²) in [5.41, 5.74) is -1.01. The molecule has 0 spiro atoms. The molecule has 0 N–H and O–H groups in total. The van der Waals surface area contributed by atoms with Crippen LogP contribution in [0, 0.1) is 0 Å². The molecule has 5 heteroatoms. The van der Waals surface area contributed by atoms with Gasteiger partial charge in [0.25, 0.3) is 0 Å². The monoisotopic (exact) mass is 204 g/mol. The van der Waals surface area contributed by atoms with Gasteiger partial charge in [-0.1, -0.05) is 0 Å². The second-order valence-corrected chi connectivity index (χ2v) is 5.20. The standard InChI is InChI=1S/C9H15BF2O2/c1-7(2)8(3,4)14-10(13-7)6-5-9(6,11)12/h6H,5H2,1-4H3. The molecule has 0 radical (unpaired) electrons. The third kappa shape index (κ3) is 1.37. The van der Waals surface area contributed by atoms with Crippen LogP contribution in [0.25, 0.3) is 0 Å². The Kier molecular flexibility index (Phi) is 1.85. The lowest BCUT2D eigenvalue weighted by Gasteiger charge is -2.32. The molecule has 1 unspecified atom stereocenters. The Hall–Kier alpha value is -0.155. The van der Waals surface area contributed by atoms with E-state index in [0.717, 1.165) is 0 Å². The van der Waals surface area contributed by atoms with E-state index >= 15 is 0 Å². The summed E-state index contributed by atoms with van der Waals surface area (Å²) in [4.78, 5) is 0. The van der Waals surface area contributed by atoms with E-state index in [9.17, 15) is 8.78 Å². The van der Waals surface area contributed by atoms with Crippen molar-refractivity contribution in [2.24, 2.45) is 0 Å². The van der Waals surface area contributed by atoms with Crippen LogP contribution in [0.4, 0.5) is 8.78 Å². The van der Waals surface area contributed by atoms with Crippen LogP contribution in [-0.4, -0.2) is 24.2 Å². The predicted octanol–water partition coefficient (Wildman–Crippen LogP) is 2.49. The largest absolute Gasteiger partial charge is 0.467 e. The molecule has 1 aliphatic heterocycles. The molecule has 1 saturated carbocycles. The number of hydrogen-bond acceptors (Lipinski definition) is 2. The first-order valence-corrected chi connectivity index (χ1v) is 4.89. The lowest BCUT2D eigenvalue weighted by molar-refractivity contribution is 0.00578. The van der Waals surface area contributed by atoms with Crippen molar-refractivity contribution >= 4 is 7.12 Å². The van der Waals surface area contributed by atoms with Crippen molar-refractivity contribution in [3.05, 3.63) is 0 Å². The first kappa shape index (κ1) is 10.4. The van der Waals surface area contributed by atoms with Crippen molar-refractivity contribution in [2.45, 2.75) is 57.1 Å². The van der Waals surface area contributed by atoms with Gasteiger partial charge in [-0.05, 0) is 27.7 Å². The first-order valence-electron chi connectivity index (χ1n) is 4.89. The fourth-order valence-electron chi connectivity index (χ4n) is 1.58. The van der Waals surface area contributed by atoms with E-state index in [2.05, 4.69) is 0 Å². The molecule has 2 aliphatic rings. The molecule has 1 aliphatic carbocycles. The molecule has 1 saturated heterocycles. The Morgan fingerprint density at radius 2 is 1.43 bits per heavy atom. The van der Waals surface area contributed by atoms with Crippen LogP contribution in [0.15, 0.2) is 0 Å². The fraction of sp³-hybridized carbons (Fsp3) is 1.00. The number of rotatable bonds is 1. The number of alkyl halides is 2. The summed E-state index contributed by atoms with van der Waals surface area (Å²) < 4.78 is 36.6. The minimum atomic E-state index is -2.58. The maximum absolute atomic E-state index is 12.8. The smallest absolute Gasteiger partial charge is 0.403 e. The van der Waals surface area contributed by atoms with Gasteiger partial charge in [0, 0.05) is 6.42 Å². The molecule has 0 aromatic carbocycles. The molecule has 2 nitrogen and oxygen atoms in total. The topological polar surface area (TPSA) is 18.5 Å². The molecule has 2 fully saturated rings. The molecule has 2 rings (SSSR count). The minimum Gasteiger partial charge on any atom is -0.403 e. The summed E-state index contributed by atoms with van der Waals surface area (Å²) >= 11 is 0. The predicted molar refractivity (Wildman–Crippen MR) is 49.4 cm³/mol. The van der Waals surface area contributed by atoms with Gasteiger partial charge in [-0.2, -0.15) is 0 Å². The molecular weight excluding hydrogens is 189 g/mol. The van der Waals surface area contributed by atoms with Crippen LogP contribution in [-0.2, 0) is 9.31 Å². The average molecular weight is 204 g/mol. The zero-order valence-corrected chi connectivity index (χ0v) is 8.93. The van der Waals surface area contributed by atoms with Gasteiger partial charge in [0.1, 0.15) is 0 Å². The third-order valence-corrected chi connectivity index (χ3v) is 3.47. The van der Waals surface area contributed by atoms with Gasteiger partial charge in [-0.25, -0.2) is 8.78 Å². The van der Waals surface area contributed by atoms with Crippen molar-refractivity contribution in [1.82, 2.24) is 0 Å². The molecule has 0 aromatic rings. The highest BCUT2D eigenvalue weighted by molar-refractivity contribution is 6.49. The van der Waals surface area contributed by atoms with E-state index in [1.54, 1.807) is 0 Å². The van der Waals surface area contributed by atoms with Crippen molar-refractivity contribution in [2.75, 3.05) is 0 Å². The Morgan fingerprint density at radius 3 is 1.71 bits per heavy atom. The Morgan fingerprint density at radius 1 is 1.07 bits per heavy atom. The summed E-state index contributed by atoms with van der Waals surface area (Å²) in [6.07, 6.45) is -0.107. The molecule has 1 atom stereocenters. The number of halogens is 2. The van der Waals surface area contributed by atoms with E-state index in [1.807, 2.05) is 27.7 Å². The zero-order chi connectivity index (χ0) is 10.8. The summed E-state index contributed by atoms with van der Waals surface area (Å²) in [5.74, 6) is -3.33. The van der Waals surface area contributed by atoms with Crippen molar-refractivity contribution < 1.29 is 18.1 Å². The third-order valence-electron chi connectivity index (χ3n) is 3.47. The molecule has 80 valence electrons. The Balaban J connectivity index is 2.08.